The Morgan fingerprint density at radius 1 is 0.939 bits per heavy atom. The highest BCUT2D eigenvalue weighted by Crippen LogP contribution is 2.35. The Balaban J connectivity index is 1.60. The predicted molar refractivity (Wildman–Crippen MR) is 131 cm³/mol. The Morgan fingerprint density at radius 3 is 2.45 bits per heavy atom. The topological polar surface area (TPSA) is 87.6 Å². The van der Waals surface area contributed by atoms with Gasteiger partial charge in [-0.05, 0) is 58.0 Å². The Morgan fingerprint density at radius 2 is 1.73 bits per heavy atom. The molecular formula is C27H22N4O2. The number of hydrogen-bond donors (Lipinski definition) is 2. The summed E-state index contributed by atoms with van der Waals surface area (Å²) in [7, 11) is 0. The zero-order chi connectivity index (χ0) is 22.6. The molecule has 3 aromatic carbocycles. The average molecular weight is 434 g/mol. The van der Waals surface area contributed by atoms with Crippen LogP contribution in [0.4, 0.5) is 0 Å². The maximum Gasteiger partial charge on any atom is 0.439 e. The van der Waals surface area contributed by atoms with Gasteiger partial charge in [-0.2, -0.15) is 5.10 Å². The second-order valence-corrected chi connectivity index (χ2v) is 7.68. The molecule has 0 aliphatic heterocycles. The van der Waals surface area contributed by atoms with Crippen LogP contribution in [0, 0.1) is 0 Å². The van der Waals surface area contributed by atoms with E-state index >= 15 is 0 Å². The summed E-state index contributed by atoms with van der Waals surface area (Å²) < 4.78 is 4.53. The van der Waals surface area contributed by atoms with Crippen molar-refractivity contribution in [2.45, 2.75) is 13.3 Å². The van der Waals surface area contributed by atoms with Gasteiger partial charge in [-0.1, -0.05) is 78.8 Å². The van der Waals surface area contributed by atoms with E-state index in [0.717, 1.165) is 34.0 Å². The van der Waals surface area contributed by atoms with Crippen LogP contribution in [0.15, 0.2) is 88.3 Å². The van der Waals surface area contributed by atoms with Crippen LogP contribution in [0.2, 0.25) is 0 Å². The summed E-state index contributed by atoms with van der Waals surface area (Å²) >= 11 is 0. The summed E-state index contributed by atoms with van der Waals surface area (Å²) in [6.07, 6.45) is 6.35. The summed E-state index contributed by atoms with van der Waals surface area (Å²) in [4.78, 5) is 13.6. The number of allylic oxidation sites excluding steroid dienone is 1. The van der Waals surface area contributed by atoms with Crippen molar-refractivity contribution in [1.29, 1.82) is 0 Å². The molecule has 33 heavy (non-hydrogen) atoms. The minimum Gasteiger partial charge on any atom is -0.296 e. The lowest BCUT2D eigenvalue weighted by Gasteiger charge is -2.16. The molecule has 5 aromatic rings. The number of fused-ring (bicyclic) bond motifs is 1. The van der Waals surface area contributed by atoms with Gasteiger partial charge in [0.15, 0.2) is 5.82 Å². The quantitative estimate of drug-likeness (QED) is 0.332. The summed E-state index contributed by atoms with van der Waals surface area (Å²) in [5, 5.41) is 11.9. The Hall–Kier alpha value is -4.45. The summed E-state index contributed by atoms with van der Waals surface area (Å²) in [6.45, 7) is 2.19. The van der Waals surface area contributed by atoms with Crippen molar-refractivity contribution in [3.63, 3.8) is 0 Å². The van der Waals surface area contributed by atoms with E-state index in [2.05, 4.69) is 98.5 Å². The lowest BCUT2D eigenvalue weighted by atomic mass is 9.87. The molecule has 0 saturated heterocycles. The van der Waals surface area contributed by atoms with E-state index in [1.807, 2.05) is 18.3 Å². The first kappa shape index (κ1) is 20.5. The first-order valence-electron chi connectivity index (χ1n) is 10.8. The van der Waals surface area contributed by atoms with Gasteiger partial charge < -0.3 is 0 Å². The zero-order valence-electron chi connectivity index (χ0n) is 18.1. The van der Waals surface area contributed by atoms with Crippen LogP contribution < -0.4 is 5.76 Å². The average Bonchev–Trinajstić information content (AvgIpc) is 3.50. The molecule has 2 N–H and O–H groups in total. The van der Waals surface area contributed by atoms with Crippen molar-refractivity contribution in [3.8, 4) is 0 Å². The molecule has 0 bridgehead atoms. The van der Waals surface area contributed by atoms with E-state index in [9.17, 15) is 4.79 Å². The maximum absolute atomic E-state index is 11.1. The number of benzene rings is 3. The van der Waals surface area contributed by atoms with Crippen molar-refractivity contribution < 1.29 is 4.52 Å². The number of rotatable bonds is 6. The molecule has 2 aromatic heterocycles. The monoisotopic (exact) mass is 434 g/mol. The molecule has 2 heterocycles. The number of H-pyrrole nitrogens is 2. The van der Waals surface area contributed by atoms with Crippen LogP contribution in [-0.4, -0.2) is 20.3 Å². The highest BCUT2D eigenvalue weighted by atomic mass is 16.5. The molecule has 6 heteroatoms. The summed E-state index contributed by atoms with van der Waals surface area (Å²) in [6, 6.07) is 25.3. The van der Waals surface area contributed by atoms with E-state index in [-0.39, 0.29) is 0 Å². The zero-order valence-corrected chi connectivity index (χ0v) is 18.1. The fourth-order valence-corrected chi connectivity index (χ4v) is 4.03. The minimum atomic E-state index is -0.567. The second kappa shape index (κ2) is 8.96. The van der Waals surface area contributed by atoms with Crippen LogP contribution in [0.3, 0.4) is 0 Å². The molecule has 0 aliphatic rings. The molecule has 6 nitrogen and oxygen atoms in total. The first-order valence-corrected chi connectivity index (χ1v) is 10.8. The third kappa shape index (κ3) is 4.32. The van der Waals surface area contributed by atoms with Gasteiger partial charge in [0, 0.05) is 5.39 Å². The number of hydrogen-bond acceptors (Lipinski definition) is 4. The lowest BCUT2D eigenvalue weighted by Crippen LogP contribution is -1.95. The SMILES string of the molecule is CC/C(=C(\c1ccc(C=Cc2noc(=O)[nH]2)cc1)c1ccc2[nH]ncc2c1)c1ccccc1. The normalized spacial score (nSPS) is 12.4. The van der Waals surface area contributed by atoms with Crippen molar-refractivity contribution >= 4 is 34.2 Å². The van der Waals surface area contributed by atoms with E-state index < -0.39 is 5.76 Å². The maximum atomic E-state index is 11.1. The summed E-state index contributed by atoms with van der Waals surface area (Å²) in [5.74, 6) is -0.183. The molecule has 0 radical (unpaired) electrons. The third-order valence-corrected chi connectivity index (χ3v) is 5.60. The van der Waals surface area contributed by atoms with Gasteiger partial charge in [0.1, 0.15) is 0 Å². The highest BCUT2D eigenvalue weighted by molar-refractivity contribution is 6.00. The van der Waals surface area contributed by atoms with Gasteiger partial charge >= 0.3 is 5.76 Å². The van der Waals surface area contributed by atoms with Gasteiger partial charge in [0.25, 0.3) is 0 Å². The molecule has 0 aliphatic carbocycles. The van der Waals surface area contributed by atoms with Crippen molar-refractivity contribution in [1.82, 2.24) is 20.3 Å². The predicted octanol–water partition coefficient (Wildman–Crippen LogP) is 5.78. The van der Waals surface area contributed by atoms with Crippen molar-refractivity contribution in [3.05, 3.63) is 118 Å². The summed E-state index contributed by atoms with van der Waals surface area (Å²) in [5.41, 5.74) is 7.97. The third-order valence-electron chi connectivity index (χ3n) is 5.60. The van der Waals surface area contributed by atoms with Gasteiger partial charge in [0.05, 0.1) is 11.7 Å². The Kier molecular flexibility index (Phi) is 5.55. The fourth-order valence-electron chi connectivity index (χ4n) is 4.03. The van der Waals surface area contributed by atoms with Crippen molar-refractivity contribution in [2.75, 3.05) is 0 Å². The Bertz CT molecular complexity index is 1500. The molecule has 0 amide bonds. The van der Waals surface area contributed by atoms with Gasteiger partial charge in [-0.15, -0.1) is 0 Å². The van der Waals surface area contributed by atoms with Gasteiger partial charge in [0.2, 0.25) is 0 Å². The van der Waals surface area contributed by atoms with Gasteiger partial charge in [-0.3, -0.25) is 14.6 Å². The largest absolute Gasteiger partial charge is 0.439 e. The van der Waals surface area contributed by atoms with E-state index in [4.69, 9.17) is 0 Å². The smallest absolute Gasteiger partial charge is 0.296 e. The van der Waals surface area contributed by atoms with Crippen molar-refractivity contribution in [2.24, 2.45) is 0 Å². The van der Waals surface area contributed by atoms with Crippen LogP contribution in [-0.2, 0) is 0 Å². The molecule has 0 fully saturated rings. The number of nitrogens with zero attached hydrogens (tertiary/aromatic N) is 2. The van der Waals surface area contributed by atoms with Crippen LogP contribution in [0.5, 0.6) is 0 Å². The fraction of sp³-hybridized carbons (Fsp3) is 0.0741. The lowest BCUT2D eigenvalue weighted by molar-refractivity contribution is 0.385. The highest BCUT2D eigenvalue weighted by Gasteiger charge is 2.14. The Labute approximate surface area is 190 Å². The molecule has 0 spiro atoms. The molecule has 0 unspecified atom stereocenters. The van der Waals surface area contributed by atoms with E-state index in [0.29, 0.717) is 5.82 Å². The molecular weight excluding hydrogens is 412 g/mol. The van der Waals surface area contributed by atoms with Gasteiger partial charge in [-0.25, -0.2) is 4.79 Å². The van der Waals surface area contributed by atoms with Crippen LogP contribution in [0.25, 0.3) is 34.2 Å². The first-order chi connectivity index (χ1) is 16.2. The van der Waals surface area contributed by atoms with Crippen LogP contribution in [0.1, 0.15) is 41.4 Å². The van der Waals surface area contributed by atoms with Crippen LogP contribution >= 0.6 is 0 Å². The number of aromatic nitrogens is 4. The molecule has 0 saturated carbocycles. The molecule has 5 rings (SSSR count). The number of nitrogens with one attached hydrogen (secondary N) is 2. The number of aromatic amines is 2. The minimum absolute atomic E-state index is 0.385. The van der Waals surface area contributed by atoms with E-state index in [1.54, 1.807) is 6.08 Å². The standard InChI is InChI=1S/C27H22N4O2/c1-2-23(19-6-4-3-5-7-19)26(21-13-14-24-22(16-21)17-28-30-24)20-11-8-18(9-12-20)10-15-25-29-27(32)33-31-25/h3-17H,2H2,1H3,(H,28,30)(H,29,31,32)/b15-10?,26-23-. The molecule has 0 atom stereocenters. The molecule has 162 valence electrons. The van der Waals surface area contributed by atoms with E-state index in [1.165, 1.54) is 16.7 Å². The second-order valence-electron chi connectivity index (χ2n) is 7.68.